The summed E-state index contributed by atoms with van der Waals surface area (Å²) in [6, 6.07) is 1.39. The van der Waals surface area contributed by atoms with Crippen molar-refractivity contribution in [3.8, 4) is 0 Å². The maximum Gasteiger partial charge on any atom is 0.242 e. The molecule has 0 bridgehead atoms. The second-order valence-electron chi connectivity index (χ2n) is 4.00. The fourth-order valence-electron chi connectivity index (χ4n) is 1.54. The van der Waals surface area contributed by atoms with Gasteiger partial charge in [0.25, 0.3) is 0 Å². The van der Waals surface area contributed by atoms with Crippen LogP contribution in [0.3, 0.4) is 0 Å². The molecule has 0 aromatic carbocycles. The second-order valence-corrected chi connectivity index (χ2v) is 5.77. The highest BCUT2D eigenvalue weighted by atomic mass is 32.2. The normalized spacial score (nSPS) is 11.9. The lowest BCUT2D eigenvalue weighted by Gasteiger charge is -2.02. The summed E-state index contributed by atoms with van der Waals surface area (Å²) in [7, 11) is -1.82. The molecule has 0 spiro atoms. The van der Waals surface area contributed by atoms with Gasteiger partial charge in [-0.15, -0.1) is 0 Å². The molecule has 0 aliphatic heterocycles. The van der Waals surface area contributed by atoms with Gasteiger partial charge in [0, 0.05) is 31.9 Å². The molecule has 0 aliphatic carbocycles. The molecule has 9 heteroatoms. The van der Waals surface area contributed by atoms with Crippen molar-refractivity contribution in [1.82, 2.24) is 24.5 Å². The van der Waals surface area contributed by atoms with Gasteiger partial charge in [0.2, 0.25) is 10.0 Å². The molecule has 0 aliphatic rings. The van der Waals surface area contributed by atoms with E-state index >= 15 is 0 Å². The van der Waals surface area contributed by atoms with Gasteiger partial charge >= 0.3 is 0 Å². The van der Waals surface area contributed by atoms with Crippen LogP contribution in [0.15, 0.2) is 23.5 Å². The summed E-state index contributed by atoms with van der Waals surface area (Å²) in [6.07, 6.45) is 3.31. The molecule has 0 radical (unpaired) electrons. The van der Waals surface area contributed by atoms with Crippen LogP contribution < -0.4 is 4.72 Å². The van der Waals surface area contributed by atoms with Crippen LogP contribution in [-0.2, 0) is 30.1 Å². The Balaban J connectivity index is 1.94. The Kier molecular flexibility index (Phi) is 3.98. The van der Waals surface area contributed by atoms with E-state index in [0.29, 0.717) is 17.9 Å². The van der Waals surface area contributed by atoms with E-state index in [1.165, 1.54) is 12.3 Å². The zero-order chi connectivity index (χ0) is 13.9. The highest BCUT2D eigenvalue weighted by Crippen LogP contribution is 2.10. The largest absolute Gasteiger partial charge is 0.390 e. The first-order chi connectivity index (χ1) is 9.01. The number of aryl methyl sites for hydroxylation is 1. The number of hydrogen-bond donors (Lipinski definition) is 3. The number of aliphatic hydroxyl groups excluding tert-OH is 1. The number of aromatic nitrogens is 4. The van der Waals surface area contributed by atoms with Crippen molar-refractivity contribution in [2.24, 2.45) is 7.05 Å². The monoisotopic (exact) mass is 285 g/mol. The molecule has 2 heterocycles. The van der Waals surface area contributed by atoms with Crippen molar-refractivity contribution >= 4 is 10.0 Å². The fraction of sp³-hybridized carbons (Fsp3) is 0.400. The van der Waals surface area contributed by atoms with E-state index < -0.39 is 10.0 Å². The van der Waals surface area contributed by atoms with Crippen LogP contribution in [0.1, 0.15) is 11.5 Å². The van der Waals surface area contributed by atoms with Crippen molar-refractivity contribution in [2.75, 3.05) is 6.54 Å². The number of H-pyrrole nitrogens is 1. The standard InChI is InChI=1S/C10H15N5O3S/c1-15-7-12-10(14-15)2-3-13-19(17,18)9-4-8(6-16)11-5-9/h4-5,7,11,13,16H,2-3,6H2,1H3. The van der Waals surface area contributed by atoms with E-state index in [1.54, 1.807) is 18.1 Å². The quantitative estimate of drug-likeness (QED) is 0.640. The predicted octanol–water partition coefficient (Wildman–Crippen LogP) is -0.843. The summed E-state index contributed by atoms with van der Waals surface area (Å²) in [5, 5.41) is 12.9. The third-order valence-corrected chi connectivity index (χ3v) is 3.93. The van der Waals surface area contributed by atoms with Gasteiger partial charge in [-0.25, -0.2) is 18.1 Å². The van der Waals surface area contributed by atoms with E-state index in [9.17, 15) is 8.42 Å². The van der Waals surface area contributed by atoms with Gasteiger partial charge < -0.3 is 10.1 Å². The average Bonchev–Trinajstić information content (AvgIpc) is 2.98. The van der Waals surface area contributed by atoms with Gasteiger partial charge in [-0.2, -0.15) is 5.10 Å². The minimum Gasteiger partial charge on any atom is -0.390 e. The van der Waals surface area contributed by atoms with Gasteiger partial charge in [0.15, 0.2) is 5.82 Å². The topological polar surface area (TPSA) is 113 Å². The Morgan fingerprint density at radius 3 is 2.89 bits per heavy atom. The van der Waals surface area contributed by atoms with Gasteiger partial charge in [-0.05, 0) is 6.07 Å². The molecule has 104 valence electrons. The zero-order valence-corrected chi connectivity index (χ0v) is 11.2. The number of aromatic amines is 1. The van der Waals surface area contributed by atoms with Crippen molar-refractivity contribution in [2.45, 2.75) is 17.9 Å². The summed E-state index contributed by atoms with van der Waals surface area (Å²) in [4.78, 5) is 6.78. The van der Waals surface area contributed by atoms with E-state index in [1.807, 2.05) is 0 Å². The third kappa shape index (κ3) is 3.40. The van der Waals surface area contributed by atoms with Crippen LogP contribution in [0.4, 0.5) is 0 Å². The SMILES string of the molecule is Cn1cnc(CCNS(=O)(=O)c2c[nH]c(CO)c2)n1. The Hall–Kier alpha value is -1.71. The molecule has 0 atom stereocenters. The molecule has 0 saturated carbocycles. The predicted molar refractivity (Wildman–Crippen MR) is 66.6 cm³/mol. The summed E-state index contributed by atoms with van der Waals surface area (Å²) in [6.45, 7) is -0.0145. The Morgan fingerprint density at radius 2 is 2.32 bits per heavy atom. The Morgan fingerprint density at radius 1 is 1.53 bits per heavy atom. The molecule has 0 unspecified atom stereocenters. The number of rotatable bonds is 6. The van der Waals surface area contributed by atoms with Crippen LogP contribution in [-0.4, -0.2) is 39.8 Å². The molecule has 0 saturated heterocycles. The molecular formula is C10H15N5O3S. The van der Waals surface area contributed by atoms with Crippen LogP contribution >= 0.6 is 0 Å². The molecule has 2 aromatic rings. The Labute approximate surface area is 110 Å². The first-order valence-electron chi connectivity index (χ1n) is 5.63. The molecule has 8 nitrogen and oxygen atoms in total. The van der Waals surface area contributed by atoms with Gasteiger partial charge in [0.1, 0.15) is 6.33 Å². The summed E-state index contributed by atoms with van der Waals surface area (Å²) >= 11 is 0. The lowest BCUT2D eigenvalue weighted by Crippen LogP contribution is -2.26. The van der Waals surface area contributed by atoms with E-state index in [-0.39, 0.29) is 18.0 Å². The summed E-state index contributed by atoms with van der Waals surface area (Å²) < 4.78 is 27.8. The lowest BCUT2D eigenvalue weighted by molar-refractivity contribution is 0.277. The number of aliphatic hydroxyl groups is 1. The number of nitrogens with zero attached hydrogens (tertiary/aromatic N) is 3. The van der Waals surface area contributed by atoms with Gasteiger partial charge in [-0.1, -0.05) is 0 Å². The smallest absolute Gasteiger partial charge is 0.242 e. The van der Waals surface area contributed by atoms with E-state index in [2.05, 4.69) is 19.8 Å². The minimum absolute atomic E-state index is 0.102. The van der Waals surface area contributed by atoms with Crippen LogP contribution in [0.5, 0.6) is 0 Å². The highest BCUT2D eigenvalue weighted by molar-refractivity contribution is 7.89. The van der Waals surface area contributed by atoms with Gasteiger partial charge in [-0.3, -0.25) is 4.68 Å². The van der Waals surface area contributed by atoms with Crippen molar-refractivity contribution in [3.63, 3.8) is 0 Å². The van der Waals surface area contributed by atoms with Crippen molar-refractivity contribution in [3.05, 3.63) is 30.1 Å². The number of sulfonamides is 1. The minimum atomic E-state index is -3.57. The van der Waals surface area contributed by atoms with E-state index in [4.69, 9.17) is 5.11 Å². The van der Waals surface area contributed by atoms with Crippen molar-refractivity contribution in [1.29, 1.82) is 0 Å². The number of hydrogen-bond acceptors (Lipinski definition) is 5. The van der Waals surface area contributed by atoms with Crippen LogP contribution in [0.2, 0.25) is 0 Å². The maximum atomic E-state index is 11.9. The van der Waals surface area contributed by atoms with Crippen molar-refractivity contribution < 1.29 is 13.5 Å². The maximum absolute atomic E-state index is 11.9. The third-order valence-electron chi connectivity index (χ3n) is 2.48. The number of nitrogens with one attached hydrogen (secondary N) is 2. The molecule has 3 N–H and O–H groups in total. The Bertz CT molecular complexity index is 646. The molecular weight excluding hydrogens is 270 g/mol. The molecule has 0 amide bonds. The molecule has 2 aromatic heterocycles. The molecule has 0 fully saturated rings. The molecule has 19 heavy (non-hydrogen) atoms. The zero-order valence-electron chi connectivity index (χ0n) is 10.4. The molecule has 2 rings (SSSR count). The van der Waals surface area contributed by atoms with Crippen LogP contribution in [0, 0.1) is 0 Å². The first-order valence-corrected chi connectivity index (χ1v) is 7.12. The first kappa shape index (κ1) is 13.7. The summed E-state index contributed by atoms with van der Waals surface area (Å²) in [5.74, 6) is 0.579. The van der Waals surface area contributed by atoms with Crippen LogP contribution in [0.25, 0.3) is 0 Å². The second kappa shape index (κ2) is 5.51. The summed E-state index contributed by atoms with van der Waals surface area (Å²) in [5.41, 5.74) is 0.451. The highest BCUT2D eigenvalue weighted by Gasteiger charge is 2.15. The van der Waals surface area contributed by atoms with Gasteiger partial charge in [0.05, 0.1) is 11.5 Å². The van der Waals surface area contributed by atoms with E-state index in [0.717, 1.165) is 0 Å². The lowest BCUT2D eigenvalue weighted by atomic mass is 10.4. The fourth-order valence-corrected chi connectivity index (χ4v) is 2.59. The average molecular weight is 285 g/mol.